The fraction of sp³-hybridized carbons (Fsp3) is 0.720. The van der Waals surface area contributed by atoms with E-state index in [2.05, 4.69) is 11.9 Å². The number of rotatable bonds is 8. The summed E-state index contributed by atoms with van der Waals surface area (Å²) in [6.45, 7) is 17.7. The van der Waals surface area contributed by atoms with Crippen LogP contribution in [0.4, 0.5) is 4.79 Å². The summed E-state index contributed by atoms with van der Waals surface area (Å²) in [5, 5.41) is 2.95. The van der Waals surface area contributed by atoms with E-state index in [0.29, 0.717) is 12.8 Å². The molecule has 1 rings (SSSR count). The molecule has 0 unspecified atom stereocenters. The molecular formula is C25H42N2O6. The Morgan fingerprint density at radius 1 is 1.12 bits per heavy atom. The Bertz CT molecular complexity index is 734. The number of ether oxygens (including phenoxy) is 3. The van der Waals surface area contributed by atoms with Crippen LogP contribution in [0.5, 0.6) is 0 Å². The summed E-state index contributed by atoms with van der Waals surface area (Å²) in [5.74, 6) is -1.01. The number of likely N-dealkylation sites (tertiary alicyclic amines) is 1. The number of carbonyl (C=O) groups is 3. The Kier molecular flexibility index (Phi) is 10.2. The lowest BCUT2D eigenvalue weighted by Gasteiger charge is -2.39. The number of carbonyl (C=O) groups excluding carboxylic acids is 3. The zero-order valence-corrected chi connectivity index (χ0v) is 21.6. The van der Waals surface area contributed by atoms with E-state index >= 15 is 0 Å². The molecule has 1 aliphatic rings. The minimum atomic E-state index is -0.872. The Morgan fingerprint density at radius 2 is 1.70 bits per heavy atom. The van der Waals surface area contributed by atoms with E-state index in [-0.39, 0.29) is 11.8 Å². The Hall–Kier alpha value is -2.35. The third-order valence-electron chi connectivity index (χ3n) is 5.15. The van der Waals surface area contributed by atoms with Crippen LogP contribution in [0.25, 0.3) is 0 Å². The van der Waals surface area contributed by atoms with Gasteiger partial charge in [0.05, 0.1) is 18.2 Å². The molecule has 1 fully saturated rings. The van der Waals surface area contributed by atoms with Gasteiger partial charge in [-0.1, -0.05) is 18.2 Å². The predicted octanol–water partition coefficient (Wildman–Crippen LogP) is 3.99. The van der Waals surface area contributed by atoms with E-state index in [9.17, 15) is 14.4 Å². The Labute approximate surface area is 198 Å². The van der Waals surface area contributed by atoms with Gasteiger partial charge in [0.25, 0.3) is 0 Å². The van der Waals surface area contributed by atoms with Gasteiger partial charge in [0.15, 0.2) is 0 Å². The predicted molar refractivity (Wildman–Crippen MR) is 128 cm³/mol. The maximum Gasteiger partial charge on any atom is 0.411 e. The highest BCUT2D eigenvalue weighted by Crippen LogP contribution is 2.37. The van der Waals surface area contributed by atoms with E-state index < -0.39 is 47.5 Å². The van der Waals surface area contributed by atoms with Gasteiger partial charge < -0.3 is 19.5 Å². The molecule has 0 spiro atoms. The molecule has 1 aliphatic heterocycles. The molecule has 1 heterocycles. The molecule has 1 saturated heterocycles. The highest BCUT2D eigenvalue weighted by Gasteiger charge is 2.53. The van der Waals surface area contributed by atoms with Gasteiger partial charge in [-0.25, -0.2) is 9.59 Å². The molecule has 0 bridgehead atoms. The van der Waals surface area contributed by atoms with Crippen LogP contribution >= 0.6 is 0 Å². The molecule has 1 N–H and O–H groups in total. The molecule has 5 atom stereocenters. The third-order valence-corrected chi connectivity index (χ3v) is 5.15. The first-order valence-electron chi connectivity index (χ1n) is 11.4. The van der Waals surface area contributed by atoms with Gasteiger partial charge in [-0.3, -0.25) is 9.69 Å². The molecule has 0 aromatic heterocycles. The number of esters is 1. The van der Waals surface area contributed by atoms with Gasteiger partial charge in [-0.2, -0.15) is 0 Å². The van der Waals surface area contributed by atoms with Crippen molar-refractivity contribution in [2.45, 2.75) is 104 Å². The topological polar surface area (TPSA) is 94.2 Å². The Balaban J connectivity index is 3.63. The first-order valence-corrected chi connectivity index (χ1v) is 11.4. The fourth-order valence-corrected chi connectivity index (χ4v) is 4.13. The minimum absolute atomic E-state index is 0.237. The smallest absolute Gasteiger partial charge is 0.411 e. The molecule has 0 aromatic rings. The van der Waals surface area contributed by atoms with Crippen LogP contribution < -0.4 is 5.32 Å². The SMILES string of the molecule is C=CC[C@@H](OC)[C@H](NC(C)=O)[C@H]1[C@H](/C=C\C)C[C@H](C(=O)OC(C)(C)C)N1C(=O)OC(C)(C)C. The second kappa shape index (κ2) is 11.7. The van der Waals surface area contributed by atoms with E-state index in [1.54, 1.807) is 54.7 Å². The first-order chi connectivity index (χ1) is 15.1. The average Bonchev–Trinajstić information content (AvgIpc) is 3.01. The normalized spacial score (nSPS) is 23.2. The number of hydrogen-bond acceptors (Lipinski definition) is 6. The highest BCUT2D eigenvalue weighted by atomic mass is 16.6. The molecular weight excluding hydrogens is 424 g/mol. The van der Waals surface area contributed by atoms with Crippen LogP contribution in [0.1, 0.15) is 68.2 Å². The summed E-state index contributed by atoms with van der Waals surface area (Å²) < 4.78 is 17.0. The number of allylic oxidation sites excluding steroid dienone is 1. The number of nitrogens with one attached hydrogen (secondary N) is 1. The van der Waals surface area contributed by atoms with Crippen LogP contribution in [-0.4, -0.2) is 65.4 Å². The largest absolute Gasteiger partial charge is 0.458 e. The lowest BCUT2D eigenvalue weighted by atomic mass is 9.88. The summed E-state index contributed by atoms with van der Waals surface area (Å²) in [5.41, 5.74) is -1.50. The fourth-order valence-electron chi connectivity index (χ4n) is 4.13. The summed E-state index contributed by atoms with van der Waals surface area (Å²) >= 11 is 0. The van der Waals surface area contributed by atoms with E-state index in [0.717, 1.165) is 0 Å². The van der Waals surface area contributed by atoms with Crippen LogP contribution in [0.3, 0.4) is 0 Å². The van der Waals surface area contributed by atoms with Gasteiger partial charge in [0.1, 0.15) is 17.2 Å². The molecule has 8 nitrogen and oxygen atoms in total. The standard InChI is InChI=1S/C25H42N2O6/c1-11-13-17-15-18(22(29)32-24(4,5)6)27(23(30)33-25(7,8)9)21(17)20(26-16(3)28)19(31-10)14-12-2/h11-13,17-21H,2,14-15H2,1,3-10H3,(H,26,28)/b13-11-/t17-,18-,19-,20+,21-/m1/s1. The van der Waals surface area contributed by atoms with Gasteiger partial charge in [0, 0.05) is 20.0 Å². The molecule has 0 radical (unpaired) electrons. The summed E-state index contributed by atoms with van der Waals surface area (Å²) in [7, 11) is 1.55. The van der Waals surface area contributed by atoms with Gasteiger partial charge in [-0.05, 0) is 61.3 Å². The first kappa shape index (κ1) is 28.7. The number of nitrogens with zero attached hydrogens (tertiary/aromatic N) is 1. The second-order valence-corrected chi connectivity index (χ2v) is 10.4. The van der Waals surface area contributed by atoms with Crippen molar-refractivity contribution < 1.29 is 28.6 Å². The molecule has 0 aliphatic carbocycles. The molecule has 33 heavy (non-hydrogen) atoms. The number of methoxy groups -OCH3 is 1. The van der Waals surface area contributed by atoms with Crippen LogP contribution in [0, 0.1) is 5.92 Å². The maximum atomic E-state index is 13.5. The highest BCUT2D eigenvalue weighted by molar-refractivity contribution is 5.83. The van der Waals surface area contributed by atoms with Crippen LogP contribution in [0.2, 0.25) is 0 Å². The molecule has 0 aromatic carbocycles. The van der Waals surface area contributed by atoms with E-state index in [4.69, 9.17) is 14.2 Å². The van der Waals surface area contributed by atoms with Gasteiger partial charge in [0.2, 0.25) is 5.91 Å². The molecule has 8 heteroatoms. The van der Waals surface area contributed by atoms with Crippen molar-refractivity contribution in [3.8, 4) is 0 Å². The van der Waals surface area contributed by atoms with E-state index in [1.807, 2.05) is 19.1 Å². The Morgan fingerprint density at radius 3 is 2.12 bits per heavy atom. The second-order valence-electron chi connectivity index (χ2n) is 10.4. The maximum absolute atomic E-state index is 13.5. The summed E-state index contributed by atoms with van der Waals surface area (Å²) in [4.78, 5) is 40.3. The summed E-state index contributed by atoms with van der Waals surface area (Å²) in [6.07, 6.45) is 5.20. The van der Waals surface area contributed by atoms with Crippen molar-refractivity contribution in [1.82, 2.24) is 10.2 Å². The zero-order chi connectivity index (χ0) is 25.6. The minimum Gasteiger partial charge on any atom is -0.458 e. The molecule has 2 amide bonds. The van der Waals surface area contributed by atoms with Crippen molar-refractivity contribution in [2.24, 2.45) is 5.92 Å². The molecule has 188 valence electrons. The summed E-state index contributed by atoms with van der Waals surface area (Å²) in [6, 6.07) is -2.07. The van der Waals surface area contributed by atoms with E-state index in [1.165, 1.54) is 11.8 Å². The van der Waals surface area contributed by atoms with Crippen molar-refractivity contribution in [3.63, 3.8) is 0 Å². The van der Waals surface area contributed by atoms with Gasteiger partial charge >= 0.3 is 12.1 Å². The lowest BCUT2D eigenvalue weighted by Crippen LogP contribution is -2.60. The van der Waals surface area contributed by atoms with Crippen LogP contribution in [0.15, 0.2) is 24.8 Å². The van der Waals surface area contributed by atoms with Gasteiger partial charge in [-0.15, -0.1) is 6.58 Å². The van der Waals surface area contributed by atoms with Crippen molar-refractivity contribution in [1.29, 1.82) is 0 Å². The number of amides is 2. The zero-order valence-electron chi connectivity index (χ0n) is 21.6. The molecule has 0 saturated carbocycles. The van der Waals surface area contributed by atoms with Crippen molar-refractivity contribution in [3.05, 3.63) is 24.8 Å². The third kappa shape index (κ3) is 8.50. The van der Waals surface area contributed by atoms with Crippen molar-refractivity contribution >= 4 is 18.0 Å². The average molecular weight is 467 g/mol. The monoisotopic (exact) mass is 466 g/mol. The number of hydrogen-bond donors (Lipinski definition) is 1. The lowest BCUT2D eigenvalue weighted by molar-refractivity contribution is -0.160. The van der Waals surface area contributed by atoms with Crippen LogP contribution in [-0.2, 0) is 23.8 Å². The van der Waals surface area contributed by atoms with Crippen molar-refractivity contribution in [2.75, 3.05) is 7.11 Å². The quantitative estimate of drug-likeness (QED) is 0.429.